The van der Waals surface area contributed by atoms with Crippen molar-refractivity contribution in [1.82, 2.24) is 15.0 Å². The molecule has 2 atom stereocenters. The van der Waals surface area contributed by atoms with E-state index in [0.717, 1.165) is 17.0 Å². The zero-order valence-corrected chi connectivity index (χ0v) is 11.1. The van der Waals surface area contributed by atoms with E-state index in [0.29, 0.717) is 5.92 Å². The Morgan fingerprint density at radius 1 is 0.947 bits per heavy atom. The fourth-order valence-corrected chi connectivity index (χ4v) is 3.74. The highest BCUT2D eigenvalue weighted by Gasteiger charge is 2.32. The molecule has 0 unspecified atom stereocenters. The van der Waals surface area contributed by atoms with E-state index in [1.165, 1.54) is 44.2 Å². The van der Waals surface area contributed by atoms with Crippen LogP contribution in [0.2, 0.25) is 0 Å². The molecule has 0 amide bonds. The molecule has 0 bridgehead atoms. The predicted octanol–water partition coefficient (Wildman–Crippen LogP) is 3.87. The molecule has 2 aromatic rings. The van der Waals surface area contributed by atoms with Gasteiger partial charge >= 0.3 is 0 Å². The monoisotopic (exact) mass is 253 g/mol. The molecular formula is C16H19N3. The number of hydrogen-bond donors (Lipinski definition) is 0. The Morgan fingerprint density at radius 3 is 2.47 bits per heavy atom. The van der Waals surface area contributed by atoms with Crippen LogP contribution in [0.15, 0.2) is 30.3 Å². The van der Waals surface area contributed by atoms with Gasteiger partial charge in [0.1, 0.15) is 11.0 Å². The van der Waals surface area contributed by atoms with Crippen LogP contribution in [0.5, 0.6) is 0 Å². The van der Waals surface area contributed by atoms with E-state index in [1.54, 1.807) is 0 Å². The minimum atomic E-state index is 0.685. The average Bonchev–Trinajstić information content (AvgIpc) is 2.90. The van der Waals surface area contributed by atoms with Crippen molar-refractivity contribution < 1.29 is 0 Å². The minimum Gasteiger partial charge on any atom is -0.155 e. The first kappa shape index (κ1) is 11.2. The Morgan fingerprint density at radius 2 is 1.68 bits per heavy atom. The van der Waals surface area contributed by atoms with E-state index >= 15 is 0 Å². The smallest absolute Gasteiger partial charge is 0.113 e. The standard InChI is InChI=1S/C16H19N3/c1-2-8-13-12(6-1)7-5-11-16(13)19-17-14-9-3-4-10-15(14)18-19/h3-4,9-13H,1-2,5-8H2/t12-,13-/m0/s1. The molecule has 19 heavy (non-hydrogen) atoms. The average molecular weight is 253 g/mol. The first-order chi connectivity index (χ1) is 9.42. The molecule has 4 rings (SSSR count). The Hall–Kier alpha value is -1.64. The van der Waals surface area contributed by atoms with Crippen LogP contribution >= 0.6 is 0 Å². The van der Waals surface area contributed by atoms with Crippen LogP contribution in [0, 0.1) is 11.8 Å². The van der Waals surface area contributed by atoms with Gasteiger partial charge in [-0.1, -0.05) is 31.1 Å². The third-order valence-corrected chi connectivity index (χ3v) is 4.70. The number of hydrogen-bond acceptors (Lipinski definition) is 2. The summed E-state index contributed by atoms with van der Waals surface area (Å²) in [6.07, 6.45) is 10.4. The molecule has 1 heterocycles. The first-order valence-electron chi connectivity index (χ1n) is 7.44. The lowest BCUT2D eigenvalue weighted by Crippen LogP contribution is -2.26. The summed E-state index contributed by atoms with van der Waals surface area (Å²) in [5, 5.41) is 9.33. The van der Waals surface area contributed by atoms with E-state index < -0.39 is 0 Å². The van der Waals surface area contributed by atoms with Gasteiger partial charge in [-0.25, -0.2) is 0 Å². The zero-order valence-electron chi connectivity index (χ0n) is 11.1. The third-order valence-electron chi connectivity index (χ3n) is 4.70. The van der Waals surface area contributed by atoms with Gasteiger partial charge in [-0.2, -0.15) is 4.80 Å². The number of fused-ring (bicyclic) bond motifs is 2. The van der Waals surface area contributed by atoms with Crippen molar-refractivity contribution in [3.63, 3.8) is 0 Å². The van der Waals surface area contributed by atoms with Crippen LogP contribution in [0.4, 0.5) is 0 Å². The van der Waals surface area contributed by atoms with Gasteiger partial charge in [0.05, 0.1) is 5.70 Å². The van der Waals surface area contributed by atoms with Gasteiger partial charge in [0, 0.05) is 5.92 Å². The topological polar surface area (TPSA) is 30.7 Å². The molecule has 0 spiro atoms. The molecule has 1 aromatic carbocycles. The molecule has 2 aliphatic carbocycles. The van der Waals surface area contributed by atoms with E-state index in [-0.39, 0.29) is 0 Å². The summed E-state index contributed by atoms with van der Waals surface area (Å²) in [6.45, 7) is 0. The molecule has 98 valence electrons. The highest BCUT2D eigenvalue weighted by atomic mass is 15.5. The highest BCUT2D eigenvalue weighted by Crippen LogP contribution is 2.42. The highest BCUT2D eigenvalue weighted by molar-refractivity contribution is 5.74. The summed E-state index contributed by atoms with van der Waals surface area (Å²) in [6, 6.07) is 8.14. The van der Waals surface area contributed by atoms with Crippen molar-refractivity contribution in [1.29, 1.82) is 0 Å². The SMILES string of the molecule is C1=C(n2nc3ccccc3n2)[C@H]2CCCC[C@H]2CC1. The second-order valence-corrected chi connectivity index (χ2v) is 5.84. The van der Waals surface area contributed by atoms with Crippen molar-refractivity contribution in [2.75, 3.05) is 0 Å². The lowest BCUT2D eigenvalue weighted by atomic mass is 9.72. The van der Waals surface area contributed by atoms with Crippen molar-refractivity contribution in [3.05, 3.63) is 30.3 Å². The van der Waals surface area contributed by atoms with E-state index in [2.05, 4.69) is 16.3 Å². The Labute approximate surface area is 113 Å². The van der Waals surface area contributed by atoms with Crippen LogP contribution < -0.4 is 0 Å². The summed E-state index contributed by atoms with van der Waals surface area (Å²) < 4.78 is 0. The molecule has 0 saturated heterocycles. The Bertz CT molecular complexity index is 593. The van der Waals surface area contributed by atoms with E-state index in [9.17, 15) is 0 Å². The van der Waals surface area contributed by atoms with Crippen LogP contribution in [0.3, 0.4) is 0 Å². The Kier molecular flexibility index (Phi) is 2.64. The minimum absolute atomic E-state index is 0.685. The summed E-state index contributed by atoms with van der Waals surface area (Å²) in [7, 11) is 0. The van der Waals surface area contributed by atoms with Crippen LogP contribution in [-0.4, -0.2) is 15.0 Å². The van der Waals surface area contributed by atoms with E-state index in [1.807, 2.05) is 29.1 Å². The van der Waals surface area contributed by atoms with Crippen molar-refractivity contribution >= 4 is 16.7 Å². The van der Waals surface area contributed by atoms with Gasteiger partial charge < -0.3 is 0 Å². The van der Waals surface area contributed by atoms with Crippen LogP contribution in [0.25, 0.3) is 16.7 Å². The number of rotatable bonds is 1. The second kappa shape index (κ2) is 4.48. The largest absolute Gasteiger partial charge is 0.155 e. The second-order valence-electron chi connectivity index (χ2n) is 5.84. The molecule has 0 N–H and O–H groups in total. The number of aromatic nitrogens is 3. The molecule has 3 nitrogen and oxygen atoms in total. The van der Waals surface area contributed by atoms with Gasteiger partial charge in [0.15, 0.2) is 0 Å². The van der Waals surface area contributed by atoms with Gasteiger partial charge in [-0.15, -0.1) is 10.2 Å². The number of benzene rings is 1. The van der Waals surface area contributed by atoms with E-state index in [4.69, 9.17) is 0 Å². The lowest BCUT2D eigenvalue weighted by Gasteiger charge is -2.35. The molecule has 1 saturated carbocycles. The summed E-state index contributed by atoms with van der Waals surface area (Å²) in [5.41, 5.74) is 3.36. The molecule has 0 radical (unpaired) electrons. The molecular weight excluding hydrogens is 234 g/mol. The summed E-state index contributed by atoms with van der Waals surface area (Å²) in [5.74, 6) is 1.55. The Balaban J connectivity index is 1.75. The first-order valence-corrected chi connectivity index (χ1v) is 7.44. The normalized spacial score (nSPS) is 27.1. The quantitative estimate of drug-likeness (QED) is 0.772. The number of nitrogens with zero attached hydrogens (tertiary/aromatic N) is 3. The predicted molar refractivity (Wildman–Crippen MR) is 76.5 cm³/mol. The summed E-state index contributed by atoms with van der Waals surface area (Å²) in [4.78, 5) is 1.91. The van der Waals surface area contributed by atoms with Gasteiger partial charge in [-0.05, 0) is 43.7 Å². The van der Waals surface area contributed by atoms with Gasteiger partial charge in [0.25, 0.3) is 0 Å². The molecule has 1 aromatic heterocycles. The fourth-order valence-electron chi connectivity index (χ4n) is 3.74. The zero-order chi connectivity index (χ0) is 12.7. The van der Waals surface area contributed by atoms with Crippen molar-refractivity contribution in [2.24, 2.45) is 11.8 Å². The lowest BCUT2D eigenvalue weighted by molar-refractivity contribution is 0.258. The van der Waals surface area contributed by atoms with Crippen LogP contribution in [-0.2, 0) is 0 Å². The maximum atomic E-state index is 4.66. The summed E-state index contributed by atoms with van der Waals surface area (Å²) >= 11 is 0. The molecule has 1 fully saturated rings. The fraction of sp³-hybridized carbons (Fsp3) is 0.500. The third kappa shape index (κ3) is 1.88. The molecule has 2 aliphatic rings. The van der Waals surface area contributed by atoms with Crippen molar-refractivity contribution in [2.45, 2.75) is 38.5 Å². The van der Waals surface area contributed by atoms with Crippen molar-refractivity contribution in [3.8, 4) is 0 Å². The molecule has 0 aliphatic heterocycles. The number of allylic oxidation sites excluding steroid dienone is 2. The van der Waals surface area contributed by atoms with Crippen LogP contribution in [0.1, 0.15) is 38.5 Å². The maximum absolute atomic E-state index is 4.66. The van der Waals surface area contributed by atoms with Gasteiger partial charge in [-0.3, -0.25) is 0 Å². The maximum Gasteiger partial charge on any atom is 0.113 e. The van der Waals surface area contributed by atoms with Gasteiger partial charge in [0.2, 0.25) is 0 Å². The molecule has 3 heteroatoms.